The summed E-state index contributed by atoms with van der Waals surface area (Å²) >= 11 is 0. The van der Waals surface area contributed by atoms with Gasteiger partial charge >= 0.3 is 0 Å². The fourth-order valence-corrected chi connectivity index (χ4v) is 0.854. The molecule has 0 aromatic carbocycles. The van der Waals surface area contributed by atoms with Crippen molar-refractivity contribution in [1.82, 2.24) is 0 Å². The molecule has 0 heteroatoms. The molecular weight excluding hydrogens is 156 g/mol. The highest BCUT2D eigenvalue weighted by molar-refractivity contribution is 4.51. The highest BCUT2D eigenvalue weighted by Gasteiger charge is 1.95. The summed E-state index contributed by atoms with van der Waals surface area (Å²) < 4.78 is 0. The van der Waals surface area contributed by atoms with Crippen LogP contribution in [0, 0.1) is 0 Å². The van der Waals surface area contributed by atoms with E-state index in [0.29, 0.717) is 0 Å². The van der Waals surface area contributed by atoms with E-state index < -0.39 is 0 Å². The number of unbranched alkanes of at least 4 members (excludes halogenated alkanes) is 2. The zero-order valence-corrected chi connectivity index (χ0v) is 9.78. The van der Waals surface area contributed by atoms with E-state index in [-0.39, 0.29) is 0 Å². The molecule has 80 valence electrons. The third kappa shape index (κ3) is 12.0. The van der Waals surface area contributed by atoms with Gasteiger partial charge in [-0.1, -0.05) is 84.5 Å². The standard InChI is InChI=1S/C5H12.2C4H8/c1-3-5-4-2;2*1-2-4-3-1/h3-5H2,1-2H3;2*1-4H2. The van der Waals surface area contributed by atoms with Crippen LogP contribution in [0.2, 0.25) is 0 Å². The van der Waals surface area contributed by atoms with E-state index in [2.05, 4.69) is 13.8 Å². The van der Waals surface area contributed by atoms with Crippen molar-refractivity contribution in [2.75, 3.05) is 0 Å². The zero-order chi connectivity index (χ0) is 9.78. The molecular formula is C13H28. The minimum atomic E-state index is 1.34. The van der Waals surface area contributed by atoms with Crippen LogP contribution in [0.3, 0.4) is 0 Å². The second-order valence-electron chi connectivity index (χ2n) is 4.18. The highest BCUT2D eigenvalue weighted by atomic mass is 14.0. The van der Waals surface area contributed by atoms with Gasteiger partial charge in [0.2, 0.25) is 0 Å². The molecule has 2 aliphatic rings. The lowest BCUT2D eigenvalue weighted by atomic mass is 10.0. The van der Waals surface area contributed by atoms with Gasteiger partial charge < -0.3 is 0 Å². The first-order chi connectivity index (χ1) is 6.41. The average molecular weight is 184 g/mol. The molecule has 2 saturated carbocycles. The van der Waals surface area contributed by atoms with Crippen molar-refractivity contribution >= 4 is 0 Å². The third-order valence-corrected chi connectivity index (χ3v) is 2.71. The predicted molar refractivity (Wildman–Crippen MR) is 62.1 cm³/mol. The maximum atomic E-state index is 2.21. The predicted octanol–water partition coefficient (Wildman–Crippen LogP) is 5.32. The average Bonchev–Trinajstić information content (AvgIpc) is 1.80. The number of rotatable bonds is 2. The van der Waals surface area contributed by atoms with E-state index >= 15 is 0 Å². The fraction of sp³-hybridized carbons (Fsp3) is 1.00. The minimum absolute atomic E-state index is 1.34. The Morgan fingerprint density at radius 2 is 0.769 bits per heavy atom. The van der Waals surface area contributed by atoms with Gasteiger partial charge in [-0.05, 0) is 0 Å². The Morgan fingerprint density at radius 1 is 0.538 bits per heavy atom. The van der Waals surface area contributed by atoms with Crippen molar-refractivity contribution < 1.29 is 0 Å². The van der Waals surface area contributed by atoms with E-state index in [1.54, 1.807) is 0 Å². The van der Waals surface area contributed by atoms with Crippen LogP contribution in [0.4, 0.5) is 0 Å². The van der Waals surface area contributed by atoms with Gasteiger partial charge in [-0.15, -0.1) is 0 Å². The van der Waals surface area contributed by atoms with Crippen molar-refractivity contribution in [2.45, 2.75) is 84.5 Å². The molecule has 0 atom stereocenters. The van der Waals surface area contributed by atoms with Gasteiger partial charge in [0.25, 0.3) is 0 Å². The molecule has 2 rings (SSSR count). The number of hydrogen-bond donors (Lipinski definition) is 0. The first-order valence-corrected chi connectivity index (χ1v) is 6.41. The molecule has 0 amide bonds. The Hall–Kier alpha value is 0. The van der Waals surface area contributed by atoms with Crippen LogP contribution in [0.15, 0.2) is 0 Å². The summed E-state index contributed by atoms with van der Waals surface area (Å²) in [5.74, 6) is 0. The topological polar surface area (TPSA) is 0 Å². The highest BCUT2D eigenvalue weighted by Crippen LogP contribution is 2.15. The van der Waals surface area contributed by atoms with Crippen LogP contribution in [0.5, 0.6) is 0 Å². The minimum Gasteiger partial charge on any atom is -0.0654 e. The zero-order valence-electron chi connectivity index (χ0n) is 9.78. The lowest BCUT2D eigenvalue weighted by molar-refractivity contribution is 0.504. The van der Waals surface area contributed by atoms with Crippen LogP contribution >= 0.6 is 0 Å². The second kappa shape index (κ2) is 12.0. The van der Waals surface area contributed by atoms with Gasteiger partial charge in [0.05, 0.1) is 0 Å². The van der Waals surface area contributed by atoms with Crippen molar-refractivity contribution in [3.05, 3.63) is 0 Å². The molecule has 0 saturated heterocycles. The molecule has 0 aromatic heterocycles. The van der Waals surface area contributed by atoms with E-state index in [1.165, 1.54) is 70.6 Å². The lowest BCUT2D eigenvalue weighted by Gasteiger charge is -2.05. The van der Waals surface area contributed by atoms with Gasteiger partial charge in [0, 0.05) is 0 Å². The van der Waals surface area contributed by atoms with Gasteiger partial charge in [-0.25, -0.2) is 0 Å². The quantitative estimate of drug-likeness (QED) is 0.545. The van der Waals surface area contributed by atoms with Crippen LogP contribution in [0.1, 0.15) is 84.5 Å². The summed E-state index contributed by atoms with van der Waals surface area (Å²) in [6.45, 7) is 4.42. The molecule has 0 nitrogen and oxygen atoms in total. The van der Waals surface area contributed by atoms with Crippen molar-refractivity contribution in [3.8, 4) is 0 Å². The Bertz CT molecular complexity index is 50.1. The molecule has 2 aliphatic carbocycles. The first-order valence-electron chi connectivity index (χ1n) is 6.41. The van der Waals surface area contributed by atoms with Crippen LogP contribution in [-0.2, 0) is 0 Å². The molecule has 0 N–H and O–H groups in total. The smallest absolute Gasteiger partial charge is 0.0533 e. The first kappa shape index (κ1) is 13.0. The SMILES string of the molecule is C1CCC1.C1CCC1.CCCCC. The van der Waals surface area contributed by atoms with Gasteiger partial charge in [0.1, 0.15) is 0 Å². The lowest BCUT2D eigenvalue weighted by Crippen LogP contribution is -1.85. The Balaban J connectivity index is 0.000000167. The molecule has 0 spiro atoms. The summed E-state index contributed by atoms with van der Waals surface area (Å²) in [7, 11) is 0. The molecule has 0 bridgehead atoms. The van der Waals surface area contributed by atoms with Gasteiger partial charge in [0.15, 0.2) is 0 Å². The molecule has 0 aliphatic heterocycles. The van der Waals surface area contributed by atoms with E-state index in [4.69, 9.17) is 0 Å². The molecule has 2 fully saturated rings. The summed E-state index contributed by atoms with van der Waals surface area (Å²) in [6, 6.07) is 0. The summed E-state index contributed by atoms with van der Waals surface area (Å²) in [6.07, 6.45) is 16.1. The van der Waals surface area contributed by atoms with Gasteiger partial charge in [-0.2, -0.15) is 0 Å². The van der Waals surface area contributed by atoms with Crippen molar-refractivity contribution in [1.29, 1.82) is 0 Å². The Labute approximate surface area is 85.1 Å². The summed E-state index contributed by atoms with van der Waals surface area (Å²) in [5.41, 5.74) is 0. The third-order valence-electron chi connectivity index (χ3n) is 2.71. The molecule has 0 heterocycles. The Morgan fingerprint density at radius 3 is 0.769 bits per heavy atom. The maximum Gasteiger partial charge on any atom is -0.0533 e. The second-order valence-corrected chi connectivity index (χ2v) is 4.18. The van der Waals surface area contributed by atoms with Crippen LogP contribution in [0.25, 0.3) is 0 Å². The largest absolute Gasteiger partial charge is 0.0654 e. The molecule has 0 radical (unpaired) electrons. The monoisotopic (exact) mass is 184 g/mol. The fourth-order valence-electron chi connectivity index (χ4n) is 0.854. The summed E-state index contributed by atoms with van der Waals surface area (Å²) in [4.78, 5) is 0. The number of hydrogen-bond acceptors (Lipinski definition) is 0. The van der Waals surface area contributed by atoms with Crippen molar-refractivity contribution in [2.24, 2.45) is 0 Å². The van der Waals surface area contributed by atoms with E-state index in [9.17, 15) is 0 Å². The maximum absolute atomic E-state index is 2.21. The van der Waals surface area contributed by atoms with E-state index in [1.807, 2.05) is 0 Å². The van der Waals surface area contributed by atoms with Gasteiger partial charge in [-0.3, -0.25) is 0 Å². The van der Waals surface area contributed by atoms with E-state index in [0.717, 1.165) is 0 Å². The van der Waals surface area contributed by atoms with Crippen LogP contribution in [-0.4, -0.2) is 0 Å². The van der Waals surface area contributed by atoms with Crippen molar-refractivity contribution in [3.63, 3.8) is 0 Å². The molecule has 0 aromatic rings. The Kier molecular flexibility index (Phi) is 12.0. The molecule has 13 heavy (non-hydrogen) atoms. The summed E-state index contributed by atoms with van der Waals surface area (Å²) in [5, 5.41) is 0. The molecule has 0 unspecified atom stereocenters. The normalized spacial score (nSPS) is 18.0. The van der Waals surface area contributed by atoms with Crippen LogP contribution < -0.4 is 0 Å².